The number of anilines is 1. The van der Waals surface area contributed by atoms with Gasteiger partial charge in [-0.2, -0.15) is 4.31 Å². The van der Waals surface area contributed by atoms with Crippen LogP contribution in [-0.2, 0) is 14.8 Å². The SMILES string of the molecule is Cc1ccc2sc(N(CC3CCCO3)C(=O)c3ccc(S(=O)(=O)N(CC(C)C)CC(C)C)cc3)nc2c1C. The van der Waals surface area contributed by atoms with E-state index in [2.05, 4.69) is 19.9 Å². The first-order valence-electron chi connectivity index (χ1n) is 13.4. The predicted molar refractivity (Wildman–Crippen MR) is 155 cm³/mol. The zero-order chi connectivity index (χ0) is 27.6. The molecule has 2 heterocycles. The summed E-state index contributed by atoms with van der Waals surface area (Å²) in [6.45, 7) is 14.2. The minimum atomic E-state index is -3.67. The van der Waals surface area contributed by atoms with Gasteiger partial charge in [0.05, 0.1) is 27.8 Å². The van der Waals surface area contributed by atoms with E-state index in [1.807, 2.05) is 33.8 Å². The predicted octanol–water partition coefficient (Wildman–Crippen LogP) is 6.04. The molecule has 9 heteroatoms. The maximum absolute atomic E-state index is 13.8. The van der Waals surface area contributed by atoms with Gasteiger partial charge >= 0.3 is 0 Å². The number of nitrogens with zero attached hydrogens (tertiary/aromatic N) is 3. The smallest absolute Gasteiger partial charge is 0.260 e. The van der Waals surface area contributed by atoms with Crippen LogP contribution in [0.4, 0.5) is 5.13 Å². The molecule has 1 saturated heterocycles. The molecule has 1 fully saturated rings. The third-order valence-corrected chi connectivity index (χ3v) is 9.73. The van der Waals surface area contributed by atoms with Gasteiger partial charge in [-0.25, -0.2) is 13.4 Å². The summed E-state index contributed by atoms with van der Waals surface area (Å²) < 4.78 is 35.3. The molecule has 1 aliphatic rings. The molecule has 0 bridgehead atoms. The maximum atomic E-state index is 13.8. The summed E-state index contributed by atoms with van der Waals surface area (Å²) in [5.41, 5.74) is 3.60. The molecule has 0 spiro atoms. The van der Waals surface area contributed by atoms with Crippen molar-refractivity contribution >= 4 is 42.6 Å². The second kappa shape index (κ2) is 11.8. The molecule has 2 aromatic carbocycles. The van der Waals surface area contributed by atoms with Crippen molar-refractivity contribution in [3.63, 3.8) is 0 Å². The lowest BCUT2D eigenvalue weighted by molar-refractivity contribution is 0.0917. The third-order valence-electron chi connectivity index (χ3n) is 6.84. The van der Waals surface area contributed by atoms with Crippen molar-refractivity contribution in [2.24, 2.45) is 11.8 Å². The lowest BCUT2D eigenvalue weighted by Gasteiger charge is -2.26. The summed E-state index contributed by atoms with van der Waals surface area (Å²) in [4.78, 5) is 20.6. The van der Waals surface area contributed by atoms with Crippen LogP contribution in [0.25, 0.3) is 10.2 Å². The van der Waals surface area contributed by atoms with E-state index in [1.165, 1.54) is 11.3 Å². The molecule has 0 radical (unpaired) electrons. The van der Waals surface area contributed by atoms with Gasteiger partial charge in [-0.05, 0) is 80.0 Å². The summed E-state index contributed by atoms with van der Waals surface area (Å²) in [5.74, 6) is 0.202. The van der Waals surface area contributed by atoms with Gasteiger partial charge in [0.1, 0.15) is 0 Å². The normalized spacial score (nSPS) is 16.3. The lowest BCUT2D eigenvalue weighted by atomic mass is 10.1. The fraction of sp³-hybridized carbons (Fsp3) is 0.517. The highest BCUT2D eigenvalue weighted by Crippen LogP contribution is 2.33. The maximum Gasteiger partial charge on any atom is 0.260 e. The van der Waals surface area contributed by atoms with Gasteiger partial charge in [0.25, 0.3) is 5.91 Å². The summed E-state index contributed by atoms with van der Waals surface area (Å²) in [6.07, 6.45) is 1.82. The molecule has 1 aliphatic heterocycles. The first-order chi connectivity index (χ1) is 18.0. The molecule has 1 unspecified atom stereocenters. The lowest BCUT2D eigenvalue weighted by Crippen LogP contribution is -2.38. The van der Waals surface area contributed by atoms with Crippen LogP contribution in [-0.4, -0.2) is 56.0 Å². The summed E-state index contributed by atoms with van der Waals surface area (Å²) in [5, 5.41) is 0.630. The molecule has 0 saturated carbocycles. The molecule has 0 aliphatic carbocycles. The van der Waals surface area contributed by atoms with Crippen LogP contribution in [0.3, 0.4) is 0 Å². The number of sulfonamides is 1. The third kappa shape index (κ3) is 6.28. The van der Waals surface area contributed by atoms with E-state index in [1.54, 1.807) is 33.5 Å². The fourth-order valence-corrected chi connectivity index (χ4v) is 7.53. The number of ether oxygens (including phenoxy) is 1. The number of thiazole rings is 1. The fourth-order valence-electron chi connectivity index (χ4n) is 4.73. The number of benzene rings is 2. The largest absolute Gasteiger partial charge is 0.376 e. The molecule has 206 valence electrons. The Bertz CT molecular complexity index is 1360. The molecule has 7 nitrogen and oxygen atoms in total. The zero-order valence-corrected chi connectivity index (χ0v) is 24.9. The standard InChI is InChI=1S/C29H39N3O4S2/c1-19(2)16-31(17-20(3)4)38(34,35)25-12-10-23(11-13-25)28(33)32(18-24-8-7-15-36-24)29-30-27-22(6)21(5)9-14-26(27)37-29/h9-14,19-20,24H,7-8,15-18H2,1-6H3. The van der Waals surface area contributed by atoms with Crippen LogP contribution in [0.15, 0.2) is 41.3 Å². The molecule has 1 amide bonds. The van der Waals surface area contributed by atoms with Gasteiger partial charge < -0.3 is 4.74 Å². The van der Waals surface area contributed by atoms with E-state index in [4.69, 9.17) is 9.72 Å². The first kappa shape index (κ1) is 28.7. The highest BCUT2D eigenvalue weighted by atomic mass is 32.2. The number of fused-ring (bicyclic) bond motifs is 1. The van der Waals surface area contributed by atoms with Gasteiger partial charge in [-0.15, -0.1) is 0 Å². The van der Waals surface area contributed by atoms with Crippen molar-refractivity contribution in [3.05, 3.63) is 53.1 Å². The van der Waals surface area contributed by atoms with E-state index in [0.717, 1.165) is 34.2 Å². The van der Waals surface area contributed by atoms with E-state index >= 15 is 0 Å². The second-order valence-electron chi connectivity index (χ2n) is 11.0. The Morgan fingerprint density at radius 1 is 1.05 bits per heavy atom. The van der Waals surface area contributed by atoms with Gasteiger partial charge in [-0.3, -0.25) is 9.69 Å². The van der Waals surface area contributed by atoms with Gasteiger partial charge in [0.2, 0.25) is 10.0 Å². The number of rotatable bonds is 10. The van der Waals surface area contributed by atoms with Gasteiger partial charge in [-0.1, -0.05) is 45.1 Å². The van der Waals surface area contributed by atoms with Crippen LogP contribution in [0.1, 0.15) is 62.0 Å². The van der Waals surface area contributed by atoms with Crippen LogP contribution in [0.2, 0.25) is 0 Å². The Hall–Kier alpha value is -2.33. The van der Waals surface area contributed by atoms with Crippen LogP contribution >= 0.6 is 11.3 Å². The number of hydrogen-bond acceptors (Lipinski definition) is 6. The van der Waals surface area contributed by atoms with Crippen molar-refractivity contribution in [1.82, 2.24) is 9.29 Å². The van der Waals surface area contributed by atoms with E-state index in [-0.39, 0.29) is 28.7 Å². The molecule has 38 heavy (non-hydrogen) atoms. The average molecular weight is 558 g/mol. The Balaban J connectivity index is 1.65. The highest BCUT2D eigenvalue weighted by Gasteiger charge is 2.29. The summed E-state index contributed by atoms with van der Waals surface area (Å²) in [6, 6.07) is 10.4. The van der Waals surface area contributed by atoms with Crippen molar-refractivity contribution in [3.8, 4) is 0 Å². The second-order valence-corrected chi connectivity index (χ2v) is 14.0. The Morgan fingerprint density at radius 3 is 2.29 bits per heavy atom. The topological polar surface area (TPSA) is 79.8 Å². The summed E-state index contributed by atoms with van der Waals surface area (Å²) in [7, 11) is -3.67. The summed E-state index contributed by atoms with van der Waals surface area (Å²) >= 11 is 1.49. The molecule has 4 rings (SSSR count). The highest BCUT2D eigenvalue weighted by molar-refractivity contribution is 7.89. The minimum Gasteiger partial charge on any atom is -0.376 e. The van der Waals surface area contributed by atoms with Crippen LogP contribution in [0, 0.1) is 25.7 Å². The zero-order valence-electron chi connectivity index (χ0n) is 23.2. The van der Waals surface area contributed by atoms with E-state index < -0.39 is 10.0 Å². The van der Waals surface area contributed by atoms with Crippen molar-refractivity contribution in [1.29, 1.82) is 0 Å². The van der Waals surface area contributed by atoms with Crippen molar-refractivity contribution in [2.45, 2.75) is 65.4 Å². The molecule has 3 aromatic rings. The monoisotopic (exact) mass is 557 g/mol. The molecule has 1 aromatic heterocycles. The molecular formula is C29H39N3O4S2. The first-order valence-corrected chi connectivity index (χ1v) is 15.6. The van der Waals surface area contributed by atoms with E-state index in [0.29, 0.717) is 36.9 Å². The molecule has 0 N–H and O–H groups in total. The number of hydrogen-bond donors (Lipinski definition) is 0. The number of carbonyl (C=O) groups is 1. The Morgan fingerprint density at radius 2 is 1.71 bits per heavy atom. The van der Waals surface area contributed by atoms with Gasteiger partial charge in [0, 0.05) is 25.3 Å². The number of aromatic nitrogens is 1. The number of amides is 1. The Labute approximate surface area is 230 Å². The van der Waals surface area contributed by atoms with Gasteiger partial charge in [0.15, 0.2) is 5.13 Å². The number of carbonyl (C=O) groups excluding carboxylic acids is 1. The minimum absolute atomic E-state index is 0.0472. The van der Waals surface area contributed by atoms with Crippen molar-refractivity contribution < 1.29 is 17.9 Å². The average Bonchev–Trinajstić information content (AvgIpc) is 3.54. The van der Waals surface area contributed by atoms with Crippen molar-refractivity contribution in [2.75, 3.05) is 31.1 Å². The van der Waals surface area contributed by atoms with Crippen LogP contribution < -0.4 is 4.90 Å². The quantitative estimate of drug-likeness (QED) is 0.304. The van der Waals surface area contributed by atoms with E-state index in [9.17, 15) is 13.2 Å². The molecule has 1 atom stereocenters. The molecular weight excluding hydrogens is 518 g/mol. The number of aryl methyl sites for hydroxylation is 2. The van der Waals surface area contributed by atoms with Crippen LogP contribution in [0.5, 0.6) is 0 Å². The Kier molecular flexibility index (Phi) is 8.92.